The monoisotopic (exact) mass is 445 g/mol. The molecule has 3 heterocycles. The van der Waals surface area contributed by atoms with Gasteiger partial charge in [0.15, 0.2) is 0 Å². The molecule has 0 saturated heterocycles. The third-order valence-corrected chi connectivity index (χ3v) is 5.65. The molecule has 0 fully saturated rings. The van der Waals surface area contributed by atoms with Crippen molar-refractivity contribution < 1.29 is 0 Å². The average molecular weight is 446 g/mol. The lowest BCUT2D eigenvalue weighted by molar-refractivity contribution is 0.247. The number of halogens is 1. The summed E-state index contributed by atoms with van der Waals surface area (Å²) >= 11 is 6.09. The number of nitrogens with zero attached hydrogens (tertiary/aromatic N) is 4. The highest BCUT2D eigenvalue weighted by Crippen LogP contribution is 2.24. The molecular weight excluding hydrogens is 418 g/mol. The highest BCUT2D eigenvalue weighted by molar-refractivity contribution is 6.31. The highest BCUT2D eigenvalue weighted by atomic mass is 35.5. The van der Waals surface area contributed by atoms with Crippen LogP contribution in [0.1, 0.15) is 30.5 Å². The van der Waals surface area contributed by atoms with Gasteiger partial charge < -0.3 is 5.32 Å². The molecule has 4 aromatic rings. The maximum atomic E-state index is 6.09. The second kappa shape index (κ2) is 11.6. The molecule has 0 amide bonds. The lowest BCUT2D eigenvalue weighted by Gasteiger charge is -2.22. The smallest absolute Gasteiger partial charge is 0.0737 e. The zero-order chi connectivity index (χ0) is 22.0. The maximum absolute atomic E-state index is 6.09. The Kier molecular flexibility index (Phi) is 8.01. The van der Waals surface area contributed by atoms with Crippen molar-refractivity contribution in [2.75, 3.05) is 18.4 Å². The number of aromatic nitrogens is 3. The number of hydrogen-bond acceptors (Lipinski definition) is 5. The second-order valence-corrected chi connectivity index (χ2v) is 8.34. The lowest BCUT2D eigenvalue weighted by Crippen LogP contribution is -2.24. The topological polar surface area (TPSA) is 53.9 Å². The van der Waals surface area contributed by atoms with E-state index in [0.29, 0.717) is 5.02 Å². The van der Waals surface area contributed by atoms with Crippen LogP contribution in [-0.2, 0) is 13.1 Å². The molecule has 3 aromatic heterocycles. The summed E-state index contributed by atoms with van der Waals surface area (Å²) in [4.78, 5) is 15.6. The number of nitrogens with one attached hydrogen (secondary N) is 1. The van der Waals surface area contributed by atoms with Gasteiger partial charge in [0.25, 0.3) is 0 Å². The van der Waals surface area contributed by atoms with Gasteiger partial charge in [0.2, 0.25) is 0 Å². The quantitative estimate of drug-likeness (QED) is 0.288. The minimum atomic E-state index is 0.712. The Hall–Kier alpha value is -3.02. The van der Waals surface area contributed by atoms with Crippen molar-refractivity contribution in [3.63, 3.8) is 0 Å². The third kappa shape index (κ3) is 6.49. The molecule has 0 spiro atoms. The van der Waals surface area contributed by atoms with Crippen molar-refractivity contribution in [2.45, 2.75) is 32.4 Å². The molecule has 5 nitrogen and oxygen atoms in total. The number of rotatable bonds is 11. The molecule has 164 valence electrons. The molecule has 0 aliphatic carbocycles. The predicted octanol–water partition coefficient (Wildman–Crippen LogP) is 5.96. The van der Waals surface area contributed by atoms with E-state index < -0.39 is 0 Å². The molecule has 6 heteroatoms. The van der Waals surface area contributed by atoms with Crippen LogP contribution in [0.4, 0.5) is 5.69 Å². The van der Waals surface area contributed by atoms with Crippen LogP contribution in [0.15, 0.2) is 79.4 Å². The number of unbranched alkanes of at least 4 members (excludes halogenated alkanes) is 2. The van der Waals surface area contributed by atoms with E-state index in [-0.39, 0.29) is 0 Å². The summed E-state index contributed by atoms with van der Waals surface area (Å²) < 4.78 is 0. The minimum Gasteiger partial charge on any atom is -0.384 e. The van der Waals surface area contributed by atoms with Gasteiger partial charge in [-0.1, -0.05) is 30.2 Å². The highest BCUT2D eigenvalue weighted by Gasteiger charge is 2.08. The summed E-state index contributed by atoms with van der Waals surface area (Å²) in [7, 11) is 0. The normalized spacial score (nSPS) is 11.2. The standard InChI is InChI=1S/C26H28ClN5/c27-22-9-10-24-25(11-15-31-26(24)17-22)30-14-3-1-5-16-32(19-21-7-6-12-28-18-21)20-23-8-2-4-13-29-23/h2,4,6-13,15,17-18H,1,3,5,14,16,19-20H2,(H,30,31). The SMILES string of the molecule is Clc1ccc2c(NCCCCCN(Cc3cccnc3)Cc3ccccn3)ccnc2c1. The molecular formula is C26H28ClN5. The number of benzene rings is 1. The Morgan fingerprint density at radius 1 is 0.844 bits per heavy atom. The molecule has 0 saturated carbocycles. The molecule has 0 bridgehead atoms. The Bertz CT molecular complexity index is 1060. The summed E-state index contributed by atoms with van der Waals surface area (Å²) in [5, 5.41) is 5.38. The summed E-state index contributed by atoms with van der Waals surface area (Å²) in [6, 6.07) is 18.1. The van der Waals surface area contributed by atoms with Gasteiger partial charge in [0.1, 0.15) is 0 Å². The number of pyridine rings is 3. The van der Waals surface area contributed by atoms with E-state index in [1.807, 2.05) is 67.3 Å². The molecule has 32 heavy (non-hydrogen) atoms. The van der Waals surface area contributed by atoms with E-state index in [9.17, 15) is 0 Å². The van der Waals surface area contributed by atoms with Gasteiger partial charge >= 0.3 is 0 Å². The molecule has 0 unspecified atom stereocenters. The van der Waals surface area contributed by atoms with Crippen LogP contribution in [0.5, 0.6) is 0 Å². The predicted molar refractivity (Wildman–Crippen MR) is 132 cm³/mol. The van der Waals surface area contributed by atoms with Gasteiger partial charge in [-0.25, -0.2) is 0 Å². The molecule has 0 aliphatic heterocycles. The van der Waals surface area contributed by atoms with E-state index in [1.165, 1.54) is 5.56 Å². The van der Waals surface area contributed by atoms with E-state index >= 15 is 0 Å². The fraction of sp³-hybridized carbons (Fsp3) is 0.269. The van der Waals surface area contributed by atoms with Crippen LogP contribution in [0, 0.1) is 0 Å². The van der Waals surface area contributed by atoms with Crippen LogP contribution >= 0.6 is 11.6 Å². The Morgan fingerprint density at radius 3 is 2.66 bits per heavy atom. The van der Waals surface area contributed by atoms with Crippen LogP contribution in [0.25, 0.3) is 10.9 Å². The fourth-order valence-corrected chi connectivity index (χ4v) is 3.99. The molecule has 0 radical (unpaired) electrons. The molecule has 0 atom stereocenters. The Morgan fingerprint density at radius 2 is 1.81 bits per heavy atom. The van der Waals surface area contributed by atoms with Gasteiger partial charge in [-0.3, -0.25) is 19.9 Å². The van der Waals surface area contributed by atoms with Crippen molar-refractivity contribution in [2.24, 2.45) is 0 Å². The zero-order valence-electron chi connectivity index (χ0n) is 18.1. The van der Waals surface area contributed by atoms with Gasteiger partial charge in [-0.2, -0.15) is 0 Å². The Balaban J connectivity index is 1.26. The van der Waals surface area contributed by atoms with Crippen LogP contribution < -0.4 is 5.32 Å². The lowest BCUT2D eigenvalue weighted by atomic mass is 10.1. The number of anilines is 1. The minimum absolute atomic E-state index is 0.712. The Labute approximate surface area is 194 Å². The number of hydrogen-bond donors (Lipinski definition) is 1. The zero-order valence-corrected chi connectivity index (χ0v) is 18.9. The van der Waals surface area contributed by atoms with E-state index in [0.717, 1.165) is 67.7 Å². The second-order valence-electron chi connectivity index (χ2n) is 7.90. The first kappa shape index (κ1) is 22.2. The molecule has 1 N–H and O–H groups in total. The fourth-order valence-electron chi connectivity index (χ4n) is 3.82. The molecule has 0 aliphatic rings. The van der Waals surface area contributed by atoms with E-state index in [2.05, 4.69) is 37.3 Å². The van der Waals surface area contributed by atoms with Crippen LogP contribution in [-0.4, -0.2) is 32.9 Å². The third-order valence-electron chi connectivity index (χ3n) is 5.41. The van der Waals surface area contributed by atoms with Crippen molar-refractivity contribution in [3.8, 4) is 0 Å². The molecule has 1 aromatic carbocycles. The summed E-state index contributed by atoms with van der Waals surface area (Å²) in [5.74, 6) is 0. The van der Waals surface area contributed by atoms with E-state index in [4.69, 9.17) is 11.6 Å². The van der Waals surface area contributed by atoms with Crippen molar-refractivity contribution in [1.29, 1.82) is 0 Å². The van der Waals surface area contributed by atoms with Gasteiger partial charge in [0.05, 0.1) is 11.2 Å². The summed E-state index contributed by atoms with van der Waals surface area (Å²) in [6.45, 7) is 3.69. The first-order valence-corrected chi connectivity index (χ1v) is 11.4. The van der Waals surface area contributed by atoms with Gasteiger partial charge in [-0.15, -0.1) is 0 Å². The maximum Gasteiger partial charge on any atom is 0.0737 e. The van der Waals surface area contributed by atoms with Gasteiger partial charge in [-0.05, 0) is 67.4 Å². The summed E-state index contributed by atoms with van der Waals surface area (Å²) in [6.07, 6.45) is 10.9. The van der Waals surface area contributed by atoms with Gasteiger partial charge in [0, 0.05) is 60.5 Å². The largest absolute Gasteiger partial charge is 0.384 e. The van der Waals surface area contributed by atoms with Crippen molar-refractivity contribution in [1.82, 2.24) is 19.9 Å². The first-order chi connectivity index (χ1) is 15.8. The number of fused-ring (bicyclic) bond motifs is 1. The van der Waals surface area contributed by atoms with E-state index in [1.54, 1.807) is 0 Å². The van der Waals surface area contributed by atoms with Crippen LogP contribution in [0.3, 0.4) is 0 Å². The van der Waals surface area contributed by atoms with Crippen LogP contribution in [0.2, 0.25) is 5.02 Å². The first-order valence-electron chi connectivity index (χ1n) is 11.1. The average Bonchev–Trinajstić information content (AvgIpc) is 2.82. The summed E-state index contributed by atoms with van der Waals surface area (Å²) in [5.41, 5.74) is 4.36. The van der Waals surface area contributed by atoms with Crippen molar-refractivity contribution >= 4 is 28.2 Å². The molecule has 4 rings (SSSR count). The van der Waals surface area contributed by atoms with Crippen molar-refractivity contribution in [3.05, 3.63) is 95.7 Å².